The first-order valence-corrected chi connectivity index (χ1v) is 9.49. The lowest BCUT2D eigenvalue weighted by atomic mass is 9.96. The topological polar surface area (TPSA) is 58.2 Å². The number of benzene rings is 1. The summed E-state index contributed by atoms with van der Waals surface area (Å²) in [6.45, 7) is 0.975. The van der Waals surface area contributed by atoms with Crippen LogP contribution in [-0.4, -0.2) is 21.0 Å². The Labute approximate surface area is 126 Å². The standard InChI is InChI=1S/C16H22N2O2S/c19-21(20,18-16-9-11-3-4-13(16)8-11)14-5-6-15-12(10-14)2-1-7-17-15/h5-6,10-11,13,16-18H,1-4,7-9H2. The van der Waals surface area contributed by atoms with E-state index in [9.17, 15) is 8.42 Å². The molecule has 4 rings (SSSR count). The van der Waals surface area contributed by atoms with E-state index in [4.69, 9.17) is 0 Å². The fourth-order valence-corrected chi connectivity index (χ4v) is 5.64. The third-order valence-corrected chi connectivity index (χ3v) is 6.86. The van der Waals surface area contributed by atoms with Crippen molar-refractivity contribution in [1.29, 1.82) is 0 Å². The van der Waals surface area contributed by atoms with Crippen molar-refractivity contribution in [3.05, 3.63) is 23.8 Å². The number of hydrogen-bond donors (Lipinski definition) is 2. The van der Waals surface area contributed by atoms with Gasteiger partial charge in [-0.25, -0.2) is 13.1 Å². The first-order valence-electron chi connectivity index (χ1n) is 8.01. The van der Waals surface area contributed by atoms with Crippen molar-refractivity contribution in [3.8, 4) is 0 Å². The molecule has 114 valence electrons. The summed E-state index contributed by atoms with van der Waals surface area (Å²) >= 11 is 0. The van der Waals surface area contributed by atoms with Gasteiger partial charge >= 0.3 is 0 Å². The smallest absolute Gasteiger partial charge is 0.240 e. The second-order valence-corrected chi connectivity index (χ2v) is 8.47. The molecule has 1 aromatic carbocycles. The highest BCUT2D eigenvalue weighted by Crippen LogP contribution is 2.44. The van der Waals surface area contributed by atoms with Gasteiger partial charge in [-0.2, -0.15) is 0 Å². The molecule has 2 bridgehead atoms. The average Bonchev–Trinajstić information content (AvgIpc) is 3.09. The van der Waals surface area contributed by atoms with Crippen LogP contribution in [-0.2, 0) is 16.4 Å². The van der Waals surface area contributed by atoms with Gasteiger partial charge in [-0.1, -0.05) is 6.42 Å². The molecule has 3 unspecified atom stereocenters. The summed E-state index contributed by atoms with van der Waals surface area (Å²) in [5.41, 5.74) is 2.21. The Kier molecular flexibility index (Phi) is 3.23. The molecule has 0 radical (unpaired) electrons. The minimum Gasteiger partial charge on any atom is -0.385 e. The molecule has 1 aromatic rings. The number of nitrogens with one attached hydrogen (secondary N) is 2. The Hall–Kier alpha value is -1.07. The third-order valence-electron chi connectivity index (χ3n) is 5.37. The van der Waals surface area contributed by atoms with Crippen LogP contribution in [0, 0.1) is 11.8 Å². The average molecular weight is 306 g/mol. The molecule has 0 saturated heterocycles. The van der Waals surface area contributed by atoms with Crippen LogP contribution in [0.25, 0.3) is 0 Å². The van der Waals surface area contributed by atoms with Gasteiger partial charge in [0.1, 0.15) is 0 Å². The summed E-state index contributed by atoms with van der Waals surface area (Å²) in [7, 11) is -3.38. The first-order chi connectivity index (χ1) is 10.1. The maximum Gasteiger partial charge on any atom is 0.240 e. The van der Waals surface area contributed by atoms with E-state index in [0.29, 0.717) is 10.8 Å². The van der Waals surface area contributed by atoms with Gasteiger partial charge in [-0.3, -0.25) is 0 Å². The van der Waals surface area contributed by atoms with Crippen molar-refractivity contribution >= 4 is 15.7 Å². The molecule has 4 nitrogen and oxygen atoms in total. The van der Waals surface area contributed by atoms with Crippen LogP contribution < -0.4 is 10.0 Å². The highest BCUT2D eigenvalue weighted by atomic mass is 32.2. The molecule has 0 amide bonds. The predicted octanol–water partition coefficient (Wildman–Crippen LogP) is 2.51. The van der Waals surface area contributed by atoms with E-state index in [1.54, 1.807) is 6.07 Å². The zero-order valence-corrected chi connectivity index (χ0v) is 13.0. The summed E-state index contributed by atoms with van der Waals surface area (Å²) in [5.74, 6) is 1.31. The molecule has 1 aliphatic heterocycles. The van der Waals surface area contributed by atoms with Gasteiger partial charge in [0.25, 0.3) is 0 Å². The number of anilines is 1. The number of fused-ring (bicyclic) bond motifs is 3. The summed E-state index contributed by atoms with van der Waals surface area (Å²) < 4.78 is 28.2. The Morgan fingerprint density at radius 3 is 2.86 bits per heavy atom. The second kappa shape index (κ2) is 4.99. The molecule has 1 heterocycles. The molecular weight excluding hydrogens is 284 g/mol. The Balaban J connectivity index is 1.57. The van der Waals surface area contributed by atoms with Crippen LogP contribution in [0.3, 0.4) is 0 Å². The van der Waals surface area contributed by atoms with Gasteiger partial charge in [0.15, 0.2) is 0 Å². The molecule has 2 aliphatic carbocycles. The van der Waals surface area contributed by atoms with Crippen LogP contribution in [0.4, 0.5) is 5.69 Å². The van der Waals surface area contributed by atoms with E-state index in [0.717, 1.165) is 43.0 Å². The van der Waals surface area contributed by atoms with Crippen molar-refractivity contribution in [1.82, 2.24) is 4.72 Å². The fourth-order valence-electron chi connectivity index (χ4n) is 4.27. The summed E-state index contributed by atoms with van der Waals surface area (Å²) in [6.07, 6.45) is 6.73. The molecule has 3 aliphatic rings. The molecule has 21 heavy (non-hydrogen) atoms. The van der Waals surface area contributed by atoms with Gasteiger partial charge in [-0.05, 0) is 67.7 Å². The monoisotopic (exact) mass is 306 g/mol. The maximum absolute atomic E-state index is 12.6. The molecule has 2 fully saturated rings. The lowest BCUT2D eigenvalue weighted by Gasteiger charge is -2.23. The predicted molar refractivity (Wildman–Crippen MR) is 82.8 cm³/mol. The van der Waals surface area contributed by atoms with Gasteiger partial charge in [-0.15, -0.1) is 0 Å². The molecule has 0 spiro atoms. The minimum atomic E-state index is -3.38. The van der Waals surface area contributed by atoms with Gasteiger partial charge in [0, 0.05) is 18.3 Å². The van der Waals surface area contributed by atoms with Crippen LogP contribution in [0.5, 0.6) is 0 Å². The minimum absolute atomic E-state index is 0.155. The second-order valence-electron chi connectivity index (χ2n) is 6.75. The first kappa shape index (κ1) is 13.6. The molecule has 3 atom stereocenters. The van der Waals surface area contributed by atoms with E-state index in [1.165, 1.54) is 19.3 Å². The number of hydrogen-bond acceptors (Lipinski definition) is 3. The summed E-state index contributed by atoms with van der Waals surface area (Å²) in [5, 5.41) is 3.32. The molecule has 0 aromatic heterocycles. The van der Waals surface area contributed by atoms with Crippen molar-refractivity contribution in [3.63, 3.8) is 0 Å². The van der Waals surface area contributed by atoms with E-state index in [-0.39, 0.29) is 6.04 Å². The van der Waals surface area contributed by atoms with Crippen molar-refractivity contribution in [2.45, 2.75) is 49.5 Å². The maximum atomic E-state index is 12.6. The lowest BCUT2D eigenvalue weighted by Crippen LogP contribution is -2.38. The van der Waals surface area contributed by atoms with Crippen LogP contribution in [0.15, 0.2) is 23.1 Å². The van der Waals surface area contributed by atoms with Crippen LogP contribution in [0.2, 0.25) is 0 Å². The molecule has 2 N–H and O–H groups in total. The fraction of sp³-hybridized carbons (Fsp3) is 0.625. The number of aryl methyl sites for hydroxylation is 1. The van der Waals surface area contributed by atoms with Gasteiger partial charge < -0.3 is 5.32 Å². The van der Waals surface area contributed by atoms with Crippen LogP contribution in [0.1, 0.15) is 37.7 Å². The zero-order chi connectivity index (χ0) is 14.4. The van der Waals surface area contributed by atoms with E-state index in [2.05, 4.69) is 10.0 Å². The van der Waals surface area contributed by atoms with Gasteiger partial charge in [0.2, 0.25) is 10.0 Å². The highest BCUT2D eigenvalue weighted by Gasteiger charge is 2.41. The molecule has 5 heteroatoms. The SMILES string of the molecule is O=S(=O)(NC1CC2CCC1C2)c1ccc2c(c1)CCCN2. The number of rotatable bonds is 3. The zero-order valence-electron chi connectivity index (χ0n) is 12.1. The summed E-state index contributed by atoms with van der Waals surface area (Å²) in [4.78, 5) is 0.424. The van der Waals surface area contributed by atoms with Crippen molar-refractivity contribution in [2.24, 2.45) is 11.8 Å². The Bertz CT molecular complexity index is 656. The van der Waals surface area contributed by atoms with E-state index in [1.807, 2.05) is 12.1 Å². The van der Waals surface area contributed by atoms with E-state index < -0.39 is 10.0 Å². The summed E-state index contributed by atoms with van der Waals surface area (Å²) in [6, 6.07) is 5.64. The Morgan fingerprint density at radius 2 is 2.10 bits per heavy atom. The van der Waals surface area contributed by atoms with Crippen LogP contribution >= 0.6 is 0 Å². The quantitative estimate of drug-likeness (QED) is 0.902. The normalized spacial score (nSPS) is 31.0. The van der Waals surface area contributed by atoms with Crippen molar-refractivity contribution in [2.75, 3.05) is 11.9 Å². The lowest BCUT2D eigenvalue weighted by molar-refractivity contribution is 0.390. The number of sulfonamides is 1. The highest BCUT2D eigenvalue weighted by molar-refractivity contribution is 7.89. The Morgan fingerprint density at radius 1 is 1.19 bits per heavy atom. The van der Waals surface area contributed by atoms with Gasteiger partial charge in [0.05, 0.1) is 4.90 Å². The third kappa shape index (κ3) is 2.46. The van der Waals surface area contributed by atoms with E-state index >= 15 is 0 Å². The molecular formula is C16H22N2O2S. The molecule has 2 saturated carbocycles. The largest absolute Gasteiger partial charge is 0.385 e. The van der Waals surface area contributed by atoms with Crippen molar-refractivity contribution < 1.29 is 8.42 Å².